The van der Waals surface area contributed by atoms with Crippen molar-refractivity contribution in [3.63, 3.8) is 0 Å². The molecule has 0 spiro atoms. The van der Waals surface area contributed by atoms with Gasteiger partial charge < -0.3 is 10.8 Å². The Morgan fingerprint density at radius 2 is 2.20 bits per heavy atom. The molecule has 1 atom stereocenters. The molecule has 0 saturated heterocycles. The second-order valence-electron chi connectivity index (χ2n) is 3.92. The van der Waals surface area contributed by atoms with Crippen molar-refractivity contribution >= 4 is 17.4 Å². The number of hydrogen-bond acceptors (Lipinski definition) is 3. The first kappa shape index (κ1) is 12.2. The Morgan fingerprint density at radius 1 is 1.47 bits per heavy atom. The second kappa shape index (κ2) is 5.91. The quantitative estimate of drug-likeness (QED) is 0.597. The van der Waals surface area contributed by atoms with Crippen LogP contribution in [0.25, 0.3) is 0 Å². The summed E-state index contributed by atoms with van der Waals surface area (Å²) in [5.41, 5.74) is 7.31. The molecule has 1 unspecified atom stereocenters. The maximum Gasteiger partial charge on any atom is 0.119 e. The van der Waals surface area contributed by atoms with Crippen LogP contribution in [0.2, 0.25) is 0 Å². The van der Waals surface area contributed by atoms with Gasteiger partial charge in [0.1, 0.15) is 5.75 Å². The summed E-state index contributed by atoms with van der Waals surface area (Å²) in [6.45, 7) is 4.44. The van der Waals surface area contributed by atoms with Gasteiger partial charge in [0.15, 0.2) is 0 Å². The van der Waals surface area contributed by atoms with Crippen molar-refractivity contribution in [1.29, 1.82) is 0 Å². The summed E-state index contributed by atoms with van der Waals surface area (Å²) < 4.78 is 0. The van der Waals surface area contributed by atoms with E-state index < -0.39 is 0 Å². The van der Waals surface area contributed by atoms with Gasteiger partial charge in [-0.2, -0.15) is 11.8 Å². The molecular weight excluding hydrogens is 206 g/mol. The number of benzene rings is 1. The predicted molar refractivity (Wildman–Crippen MR) is 68.1 cm³/mol. The van der Waals surface area contributed by atoms with E-state index in [9.17, 15) is 5.11 Å². The highest BCUT2D eigenvalue weighted by molar-refractivity contribution is 7.98. The lowest BCUT2D eigenvalue weighted by Crippen LogP contribution is -1.96. The Morgan fingerprint density at radius 3 is 2.87 bits per heavy atom. The minimum atomic E-state index is 0.348. The first-order chi connectivity index (χ1) is 7.13. The van der Waals surface area contributed by atoms with Crippen LogP contribution >= 0.6 is 11.8 Å². The Kier molecular flexibility index (Phi) is 4.82. The maximum atomic E-state index is 9.59. The SMILES string of the molecule is CCC(C)CSCc1cc(N)ccc1O. The van der Waals surface area contributed by atoms with E-state index >= 15 is 0 Å². The molecule has 15 heavy (non-hydrogen) atoms. The van der Waals surface area contributed by atoms with Crippen molar-refractivity contribution in [1.82, 2.24) is 0 Å². The largest absolute Gasteiger partial charge is 0.508 e. The number of phenolic OH excluding ortho intramolecular Hbond substituents is 1. The van der Waals surface area contributed by atoms with Gasteiger partial charge in [-0.05, 0) is 29.9 Å². The van der Waals surface area contributed by atoms with Crippen molar-refractivity contribution < 1.29 is 5.11 Å². The van der Waals surface area contributed by atoms with Gasteiger partial charge in [-0.25, -0.2) is 0 Å². The van der Waals surface area contributed by atoms with Gasteiger partial charge in [0, 0.05) is 17.0 Å². The number of anilines is 1. The molecule has 0 heterocycles. The van der Waals surface area contributed by atoms with Crippen molar-refractivity contribution in [3.05, 3.63) is 23.8 Å². The molecule has 0 bridgehead atoms. The molecule has 0 aliphatic heterocycles. The molecule has 84 valence electrons. The van der Waals surface area contributed by atoms with E-state index in [0.29, 0.717) is 11.4 Å². The smallest absolute Gasteiger partial charge is 0.119 e. The van der Waals surface area contributed by atoms with Crippen molar-refractivity contribution in [2.75, 3.05) is 11.5 Å². The topological polar surface area (TPSA) is 46.2 Å². The van der Waals surface area contributed by atoms with E-state index in [0.717, 1.165) is 23.0 Å². The molecule has 0 saturated carbocycles. The molecule has 0 radical (unpaired) electrons. The molecule has 0 aliphatic carbocycles. The van der Waals surface area contributed by atoms with Crippen LogP contribution in [0, 0.1) is 5.92 Å². The van der Waals surface area contributed by atoms with Crippen molar-refractivity contribution in [3.8, 4) is 5.75 Å². The van der Waals surface area contributed by atoms with Crippen molar-refractivity contribution in [2.45, 2.75) is 26.0 Å². The maximum absolute atomic E-state index is 9.59. The summed E-state index contributed by atoms with van der Waals surface area (Å²) in [5, 5.41) is 9.59. The summed E-state index contributed by atoms with van der Waals surface area (Å²) in [4.78, 5) is 0. The normalized spacial score (nSPS) is 12.7. The molecule has 0 aliphatic rings. The number of nitrogen functional groups attached to an aromatic ring is 1. The van der Waals surface area contributed by atoms with Crippen LogP contribution in [0.1, 0.15) is 25.8 Å². The van der Waals surface area contributed by atoms with Crippen LogP contribution in [0.3, 0.4) is 0 Å². The molecule has 0 aromatic heterocycles. The summed E-state index contributed by atoms with van der Waals surface area (Å²) in [6, 6.07) is 5.23. The zero-order valence-corrected chi connectivity index (χ0v) is 10.2. The summed E-state index contributed by atoms with van der Waals surface area (Å²) in [7, 11) is 0. The third-order valence-corrected chi connectivity index (χ3v) is 3.78. The van der Waals surface area contributed by atoms with E-state index in [-0.39, 0.29) is 0 Å². The van der Waals surface area contributed by atoms with Gasteiger partial charge in [-0.15, -0.1) is 0 Å². The number of aromatic hydroxyl groups is 1. The van der Waals surface area contributed by atoms with Gasteiger partial charge in [0.05, 0.1) is 0 Å². The van der Waals surface area contributed by atoms with Gasteiger partial charge in [0.2, 0.25) is 0 Å². The molecule has 0 amide bonds. The van der Waals surface area contributed by atoms with Crippen LogP contribution < -0.4 is 5.73 Å². The van der Waals surface area contributed by atoms with Gasteiger partial charge in [-0.3, -0.25) is 0 Å². The first-order valence-corrected chi connectivity index (χ1v) is 6.44. The Labute approximate surface area is 95.9 Å². The number of thioether (sulfide) groups is 1. The standard InChI is InChI=1S/C12H19NOS/c1-3-9(2)7-15-8-10-6-11(13)4-5-12(10)14/h4-6,9,14H,3,7-8,13H2,1-2H3. The molecule has 0 fully saturated rings. The molecule has 3 heteroatoms. The Bertz CT molecular complexity index is 314. The third-order valence-electron chi connectivity index (χ3n) is 2.46. The molecule has 3 N–H and O–H groups in total. The summed E-state index contributed by atoms with van der Waals surface area (Å²) >= 11 is 1.85. The summed E-state index contributed by atoms with van der Waals surface area (Å²) in [5.74, 6) is 3.05. The number of phenols is 1. The Hall–Kier alpha value is -0.830. The molecule has 2 nitrogen and oxygen atoms in total. The van der Waals surface area contributed by atoms with Crippen LogP contribution in [0.5, 0.6) is 5.75 Å². The summed E-state index contributed by atoms with van der Waals surface area (Å²) in [6.07, 6.45) is 1.20. The molecule has 1 aromatic rings. The Balaban J connectivity index is 2.46. The first-order valence-electron chi connectivity index (χ1n) is 5.28. The monoisotopic (exact) mass is 225 g/mol. The highest BCUT2D eigenvalue weighted by atomic mass is 32.2. The lowest BCUT2D eigenvalue weighted by molar-refractivity contribution is 0.470. The van der Waals surface area contributed by atoms with E-state index in [1.807, 2.05) is 17.8 Å². The fourth-order valence-corrected chi connectivity index (χ4v) is 2.42. The van der Waals surface area contributed by atoms with E-state index in [1.165, 1.54) is 6.42 Å². The van der Waals surface area contributed by atoms with E-state index in [4.69, 9.17) is 5.73 Å². The molecule has 1 aromatic carbocycles. The zero-order chi connectivity index (χ0) is 11.3. The van der Waals surface area contributed by atoms with Crippen LogP contribution in [-0.2, 0) is 5.75 Å². The minimum absolute atomic E-state index is 0.348. The lowest BCUT2D eigenvalue weighted by Gasteiger charge is -2.09. The fourth-order valence-electron chi connectivity index (χ4n) is 1.21. The highest BCUT2D eigenvalue weighted by Crippen LogP contribution is 2.25. The van der Waals surface area contributed by atoms with E-state index in [1.54, 1.807) is 12.1 Å². The lowest BCUT2D eigenvalue weighted by atomic mass is 10.2. The number of nitrogens with two attached hydrogens (primary N) is 1. The number of hydrogen-bond donors (Lipinski definition) is 2. The second-order valence-corrected chi connectivity index (χ2v) is 4.95. The average Bonchev–Trinajstić information content (AvgIpc) is 2.23. The minimum Gasteiger partial charge on any atom is -0.508 e. The van der Waals surface area contributed by atoms with Gasteiger partial charge >= 0.3 is 0 Å². The van der Waals surface area contributed by atoms with Gasteiger partial charge in [0.25, 0.3) is 0 Å². The fraction of sp³-hybridized carbons (Fsp3) is 0.500. The number of rotatable bonds is 5. The van der Waals surface area contributed by atoms with Crippen LogP contribution in [-0.4, -0.2) is 10.9 Å². The highest BCUT2D eigenvalue weighted by Gasteiger charge is 2.03. The molecule has 1 rings (SSSR count). The predicted octanol–water partition coefficient (Wildman–Crippen LogP) is 3.25. The van der Waals surface area contributed by atoms with E-state index in [2.05, 4.69) is 13.8 Å². The molecular formula is C12H19NOS. The van der Waals surface area contributed by atoms with Crippen LogP contribution in [0.4, 0.5) is 5.69 Å². The van der Waals surface area contributed by atoms with Gasteiger partial charge in [-0.1, -0.05) is 20.3 Å². The third kappa shape index (κ3) is 4.04. The zero-order valence-electron chi connectivity index (χ0n) is 9.36. The van der Waals surface area contributed by atoms with Crippen molar-refractivity contribution in [2.24, 2.45) is 5.92 Å². The average molecular weight is 225 g/mol. The van der Waals surface area contributed by atoms with Crippen LogP contribution in [0.15, 0.2) is 18.2 Å².